The van der Waals surface area contributed by atoms with Crippen molar-refractivity contribution in [3.05, 3.63) is 53.6 Å². The average molecular weight is 282 g/mol. The summed E-state index contributed by atoms with van der Waals surface area (Å²) >= 11 is 0. The fourth-order valence-electron chi connectivity index (χ4n) is 1.94. The molecule has 5 heteroatoms. The zero-order valence-electron chi connectivity index (χ0n) is 10.7. The van der Waals surface area contributed by atoms with Crippen LogP contribution < -0.4 is 4.74 Å². The van der Waals surface area contributed by atoms with Crippen LogP contribution in [-0.2, 0) is 12.8 Å². The van der Waals surface area contributed by atoms with Gasteiger partial charge in [-0.05, 0) is 34.9 Å². The zero-order valence-corrected chi connectivity index (χ0v) is 10.7. The van der Waals surface area contributed by atoms with Crippen molar-refractivity contribution in [2.24, 2.45) is 0 Å². The van der Waals surface area contributed by atoms with Crippen LogP contribution in [0.1, 0.15) is 11.1 Å². The Morgan fingerprint density at radius 2 is 1.60 bits per heavy atom. The van der Waals surface area contributed by atoms with Crippen molar-refractivity contribution in [2.45, 2.75) is 12.8 Å². The van der Waals surface area contributed by atoms with E-state index in [1.807, 2.05) is 0 Å². The highest BCUT2D eigenvalue weighted by Gasteiger charge is 2.33. The van der Waals surface area contributed by atoms with Crippen LogP contribution in [0.15, 0.2) is 42.5 Å². The summed E-state index contributed by atoms with van der Waals surface area (Å²) in [6.45, 7) is -0.641. The summed E-state index contributed by atoms with van der Waals surface area (Å²) < 4.78 is 43.8. The van der Waals surface area contributed by atoms with Crippen LogP contribution in [-0.4, -0.2) is 12.2 Å². The number of methoxy groups -OCH3 is 1. The molecule has 2 aromatic rings. The molecular formula is C15H13F3O2. The van der Waals surface area contributed by atoms with Crippen molar-refractivity contribution in [3.63, 3.8) is 0 Å². The van der Waals surface area contributed by atoms with Crippen LogP contribution in [0.4, 0.5) is 13.2 Å². The van der Waals surface area contributed by atoms with E-state index in [-0.39, 0.29) is 5.56 Å². The molecule has 0 aromatic heterocycles. The highest BCUT2D eigenvalue weighted by molar-refractivity contribution is 5.66. The molecule has 0 aliphatic rings. The Balaban J connectivity index is 2.47. The minimum Gasteiger partial charge on any atom is -0.497 e. The maximum Gasteiger partial charge on any atom is 0.416 e. The third-order valence-corrected chi connectivity index (χ3v) is 3.01. The van der Waals surface area contributed by atoms with Crippen molar-refractivity contribution in [1.29, 1.82) is 0 Å². The fourth-order valence-corrected chi connectivity index (χ4v) is 1.94. The molecule has 1 N–H and O–H groups in total. The molecule has 0 radical (unpaired) electrons. The van der Waals surface area contributed by atoms with Gasteiger partial charge in [-0.15, -0.1) is 0 Å². The monoisotopic (exact) mass is 282 g/mol. The smallest absolute Gasteiger partial charge is 0.416 e. The van der Waals surface area contributed by atoms with Gasteiger partial charge in [0.1, 0.15) is 5.75 Å². The van der Waals surface area contributed by atoms with E-state index < -0.39 is 18.3 Å². The third kappa shape index (κ3) is 2.93. The lowest BCUT2D eigenvalue weighted by molar-refractivity contribution is -0.138. The Morgan fingerprint density at radius 1 is 1.00 bits per heavy atom. The quantitative estimate of drug-likeness (QED) is 0.926. The molecule has 0 unspecified atom stereocenters. The van der Waals surface area contributed by atoms with Crippen molar-refractivity contribution >= 4 is 0 Å². The van der Waals surface area contributed by atoms with Gasteiger partial charge in [0.05, 0.1) is 19.3 Å². The Hall–Kier alpha value is -2.01. The van der Waals surface area contributed by atoms with Crippen LogP contribution in [0.2, 0.25) is 0 Å². The molecule has 0 atom stereocenters. The standard InChI is InChI=1S/C15H13F3O2/c1-20-13-6-4-10(5-7-13)11-2-3-12(9-19)14(8-11)15(16,17)18/h2-8,19H,9H2,1H3. The summed E-state index contributed by atoms with van der Waals surface area (Å²) in [6.07, 6.45) is -4.49. The summed E-state index contributed by atoms with van der Waals surface area (Å²) in [4.78, 5) is 0. The van der Waals surface area contributed by atoms with Gasteiger partial charge in [-0.1, -0.05) is 24.3 Å². The number of ether oxygens (including phenoxy) is 1. The van der Waals surface area contributed by atoms with Crippen LogP contribution >= 0.6 is 0 Å². The molecule has 0 aliphatic carbocycles. The molecule has 20 heavy (non-hydrogen) atoms. The second-order valence-corrected chi connectivity index (χ2v) is 4.26. The number of rotatable bonds is 3. The number of hydrogen-bond acceptors (Lipinski definition) is 2. The molecule has 0 amide bonds. The first-order chi connectivity index (χ1) is 9.45. The summed E-state index contributed by atoms with van der Waals surface area (Å²) in [7, 11) is 1.52. The Kier molecular flexibility index (Phi) is 3.99. The van der Waals surface area contributed by atoms with Crippen molar-refractivity contribution in [3.8, 4) is 16.9 Å². The summed E-state index contributed by atoms with van der Waals surface area (Å²) in [5.41, 5.74) is 0.154. The van der Waals surface area contributed by atoms with Gasteiger partial charge in [-0.25, -0.2) is 0 Å². The molecule has 2 aromatic carbocycles. The molecule has 0 fully saturated rings. The van der Waals surface area contributed by atoms with E-state index in [1.165, 1.54) is 13.2 Å². The van der Waals surface area contributed by atoms with Crippen LogP contribution in [0.5, 0.6) is 5.75 Å². The minimum absolute atomic E-state index is 0.130. The fraction of sp³-hybridized carbons (Fsp3) is 0.200. The van der Waals surface area contributed by atoms with Gasteiger partial charge in [0.25, 0.3) is 0 Å². The highest BCUT2D eigenvalue weighted by Crippen LogP contribution is 2.35. The number of aliphatic hydroxyl groups is 1. The third-order valence-electron chi connectivity index (χ3n) is 3.01. The van der Waals surface area contributed by atoms with Crippen molar-refractivity contribution in [1.82, 2.24) is 0 Å². The predicted molar refractivity (Wildman–Crippen MR) is 69.4 cm³/mol. The molecule has 0 aliphatic heterocycles. The normalized spacial score (nSPS) is 11.4. The number of benzene rings is 2. The summed E-state index contributed by atoms with van der Waals surface area (Å²) in [6, 6.07) is 10.6. The van der Waals surface area contributed by atoms with Gasteiger partial charge in [0.2, 0.25) is 0 Å². The maximum absolute atomic E-state index is 12.9. The number of hydrogen-bond donors (Lipinski definition) is 1. The van der Waals surface area contributed by atoms with E-state index in [1.54, 1.807) is 30.3 Å². The summed E-state index contributed by atoms with van der Waals surface area (Å²) in [5.74, 6) is 0.636. The van der Waals surface area contributed by atoms with E-state index in [0.29, 0.717) is 16.9 Å². The Bertz CT molecular complexity index is 589. The first-order valence-electron chi connectivity index (χ1n) is 5.91. The topological polar surface area (TPSA) is 29.5 Å². The minimum atomic E-state index is -4.49. The van der Waals surface area contributed by atoms with Gasteiger partial charge >= 0.3 is 6.18 Å². The molecule has 0 heterocycles. The number of alkyl halides is 3. The van der Waals surface area contributed by atoms with E-state index in [4.69, 9.17) is 9.84 Å². The maximum atomic E-state index is 12.9. The lowest BCUT2D eigenvalue weighted by Crippen LogP contribution is -2.09. The van der Waals surface area contributed by atoms with Crippen molar-refractivity contribution < 1.29 is 23.0 Å². The second-order valence-electron chi connectivity index (χ2n) is 4.26. The van der Waals surface area contributed by atoms with Crippen LogP contribution in [0.3, 0.4) is 0 Å². The van der Waals surface area contributed by atoms with Crippen LogP contribution in [0.25, 0.3) is 11.1 Å². The first kappa shape index (κ1) is 14.4. The van der Waals surface area contributed by atoms with Gasteiger partial charge in [0.15, 0.2) is 0 Å². The molecule has 0 spiro atoms. The van der Waals surface area contributed by atoms with E-state index in [0.717, 1.165) is 6.07 Å². The summed E-state index contributed by atoms with van der Waals surface area (Å²) in [5, 5.41) is 8.99. The lowest BCUT2D eigenvalue weighted by Gasteiger charge is -2.13. The van der Waals surface area contributed by atoms with E-state index in [9.17, 15) is 13.2 Å². The largest absolute Gasteiger partial charge is 0.497 e. The SMILES string of the molecule is COc1ccc(-c2ccc(CO)c(C(F)(F)F)c2)cc1. The molecule has 106 valence electrons. The molecule has 2 rings (SSSR count). The van der Waals surface area contributed by atoms with Gasteiger partial charge in [-0.2, -0.15) is 13.2 Å². The van der Waals surface area contributed by atoms with Crippen molar-refractivity contribution in [2.75, 3.05) is 7.11 Å². The molecule has 0 bridgehead atoms. The van der Waals surface area contributed by atoms with Crippen LogP contribution in [0, 0.1) is 0 Å². The zero-order chi connectivity index (χ0) is 14.8. The van der Waals surface area contributed by atoms with E-state index in [2.05, 4.69) is 0 Å². The second kappa shape index (κ2) is 5.54. The average Bonchev–Trinajstić information content (AvgIpc) is 2.46. The molecular weight excluding hydrogens is 269 g/mol. The number of halogens is 3. The van der Waals surface area contributed by atoms with E-state index >= 15 is 0 Å². The van der Waals surface area contributed by atoms with Gasteiger partial charge in [0, 0.05) is 0 Å². The highest BCUT2D eigenvalue weighted by atomic mass is 19.4. The number of aliphatic hydroxyl groups excluding tert-OH is 1. The van der Waals surface area contributed by atoms with Gasteiger partial charge in [-0.3, -0.25) is 0 Å². The lowest BCUT2D eigenvalue weighted by atomic mass is 9.99. The Labute approximate surface area is 114 Å². The first-order valence-corrected chi connectivity index (χ1v) is 5.91. The Morgan fingerprint density at radius 3 is 2.10 bits per heavy atom. The van der Waals surface area contributed by atoms with Gasteiger partial charge < -0.3 is 9.84 Å². The predicted octanol–water partition coefficient (Wildman–Crippen LogP) is 3.87. The molecule has 0 saturated carbocycles. The molecule has 2 nitrogen and oxygen atoms in total. The molecule has 0 saturated heterocycles.